The van der Waals surface area contributed by atoms with Crippen LogP contribution < -0.4 is 10.1 Å². The van der Waals surface area contributed by atoms with E-state index in [0.717, 1.165) is 58.1 Å². The van der Waals surface area contributed by atoms with Gasteiger partial charge in [-0.2, -0.15) is 0 Å². The van der Waals surface area contributed by atoms with Crippen LogP contribution in [0.25, 0.3) is 10.2 Å². The number of aryl methyl sites for hydroxylation is 1. The van der Waals surface area contributed by atoms with Crippen LogP contribution in [-0.2, 0) is 12.0 Å². The van der Waals surface area contributed by atoms with Gasteiger partial charge in [0, 0.05) is 17.1 Å². The third-order valence-electron chi connectivity index (χ3n) is 6.38. The molecule has 1 fully saturated rings. The van der Waals surface area contributed by atoms with E-state index in [9.17, 15) is 5.11 Å². The monoisotopic (exact) mass is 472 g/mol. The topological polar surface area (TPSA) is 54.4 Å². The molecule has 4 nitrogen and oxygen atoms in total. The number of nitrogens with zero attached hydrogens (tertiary/aromatic N) is 1. The molecule has 0 bridgehead atoms. The summed E-state index contributed by atoms with van der Waals surface area (Å²) in [5, 5.41) is 16.3. The Kier molecular flexibility index (Phi) is 8.06. The molecule has 0 radical (unpaired) electrons. The first-order chi connectivity index (χ1) is 15.6. The molecule has 2 aromatic carbocycles. The summed E-state index contributed by atoms with van der Waals surface area (Å²) in [4.78, 5) is 4.74. The van der Waals surface area contributed by atoms with Crippen LogP contribution >= 0.6 is 22.9 Å². The minimum Gasteiger partial charge on any atom is -0.489 e. The van der Waals surface area contributed by atoms with Crippen molar-refractivity contribution in [3.63, 3.8) is 0 Å². The molecule has 0 aliphatic heterocycles. The van der Waals surface area contributed by atoms with E-state index in [4.69, 9.17) is 21.3 Å². The van der Waals surface area contributed by atoms with Gasteiger partial charge < -0.3 is 15.2 Å². The van der Waals surface area contributed by atoms with Gasteiger partial charge in [-0.25, -0.2) is 4.98 Å². The van der Waals surface area contributed by atoms with Gasteiger partial charge in [-0.15, -0.1) is 11.3 Å². The molecule has 1 saturated carbocycles. The van der Waals surface area contributed by atoms with Crippen LogP contribution in [0.1, 0.15) is 62.4 Å². The number of unbranched alkanes of at least 4 members (excludes halogenated alkanes) is 1. The normalized spacial score (nSPS) is 16.8. The van der Waals surface area contributed by atoms with E-state index in [-0.39, 0.29) is 12.1 Å². The van der Waals surface area contributed by atoms with Crippen molar-refractivity contribution in [3.05, 3.63) is 58.1 Å². The molecule has 1 aromatic heterocycles. The smallest absolute Gasteiger partial charge is 0.138 e. The van der Waals surface area contributed by atoms with Gasteiger partial charge in [0.25, 0.3) is 0 Å². The summed E-state index contributed by atoms with van der Waals surface area (Å²) in [5.74, 6) is 0.812. The molecule has 0 amide bonds. The molecule has 1 aliphatic rings. The summed E-state index contributed by atoms with van der Waals surface area (Å²) in [6.07, 6.45) is 8.52. The summed E-state index contributed by atoms with van der Waals surface area (Å²) in [6, 6.07) is 14.1. The van der Waals surface area contributed by atoms with E-state index in [1.54, 1.807) is 11.3 Å². The van der Waals surface area contributed by atoms with Gasteiger partial charge in [0.1, 0.15) is 18.5 Å². The Morgan fingerprint density at radius 3 is 2.69 bits per heavy atom. The fraction of sp³-hybridized carbons (Fsp3) is 0.500. The predicted molar refractivity (Wildman–Crippen MR) is 134 cm³/mol. The molecule has 32 heavy (non-hydrogen) atoms. The van der Waals surface area contributed by atoms with Crippen molar-refractivity contribution in [2.24, 2.45) is 0 Å². The third-order valence-corrected chi connectivity index (χ3v) is 7.78. The van der Waals surface area contributed by atoms with Crippen LogP contribution in [0.3, 0.4) is 0 Å². The fourth-order valence-electron chi connectivity index (χ4n) is 4.57. The molecule has 1 heterocycles. The van der Waals surface area contributed by atoms with Crippen molar-refractivity contribution in [2.75, 3.05) is 13.2 Å². The number of hydrogen-bond acceptors (Lipinski definition) is 5. The highest BCUT2D eigenvalue weighted by Gasteiger charge is 2.33. The van der Waals surface area contributed by atoms with E-state index in [0.29, 0.717) is 6.54 Å². The quantitative estimate of drug-likeness (QED) is 0.354. The number of halogens is 1. The lowest BCUT2D eigenvalue weighted by Crippen LogP contribution is -2.48. The molecular weight excluding hydrogens is 440 g/mol. The van der Waals surface area contributed by atoms with Crippen molar-refractivity contribution >= 4 is 33.2 Å². The molecule has 3 aromatic rings. The number of aromatic nitrogens is 1. The van der Waals surface area contributed by atoms with E-state index < -0.39 is 6.10 Å². The van der Waals surface area contributed by atoms with Crippen LogP contribution in [-0.4, -0.2) is 29.3 Å². The Morgan fingerprint density at radius 2 is 1.94 bits per heavy atom. The lowest BCUT2D eigenvalue weighted by Gasteiger charge is -2.39. The highest BCUT2D eigenvalue weighted by Crippen LogP contribution is 2.37. The van der Waals surface area contributed by atoms with Gasteiger partial charge in [-0.1, -0.05) is 62.4 Å². The molecule has 0 saturated heterocycles. The van der Waals surface area contributed by atoms with Crippen molar-refractivity contribution in [2.45, 2.75) is 69.9 Å². The number of aliphatic hydroxyl groups excluding tert-OH is 1. The Morgan fingerprint density at radius 1 is 1.16 bits per heavy atom. The van der Waals surface area contributed by atoms with E-state index >= 15 is 0 Å². The first-order valence-corrected chi connectivity index (χ1v) is 13.0. The Bertz CT molecular complexity index is 999. The van der Waals surface area contributed by atoms with Crippen molar-refractivity contribution in [3.8, 4) is 5.75 Å². The van der Waals surface area contributed by atoms with Crippen molar-refractivity contribution in [1.29, 1.82) is 0 Å². The molecule has 2 N–H and O–H groups in total. The zero-order valence-corrected chi connectivity index (χ0v) is 20.4. The number of fused-ring (bicyclic) bond motifs is 1. The number of rotatable bonds is 10. The first-order valence-electron chi connectivity index (χ1n) is 11.8. The van der Waals surface area contributed by atoms with Crippen LogP contribution in [0.5, 0.6) is 5.75 Å². The number of aliphatic hydroxyl groups is 1. The number of benzene rings is 2. The standard InChI is InChI=1S/C26H33ClN2O2S/c1-2-3-10-24-29-22-8-7-9-23(25(22)32-24)31-18-21(30)17-28-26(15-5-4-6-16-26)19-11-13-20(27)14-12-19/h7-9,11-14,21,28,30H,2-6,10,15-18H2,1H3. The molecular formula is C26H33ClN2O2S. The number of thiazole rings is 1. The average molecular weight is 473 g/mol. The van der Waals surface area contributed by atoms with Gasteiger partial charge in [-0.3, -0.25) is 0 Å². The number of hydrogen-bond donors (Lipinski definition) is 2. The molecule has 172 valence electrons. The molecule has 4 rings (SSSR count). The maximum atomic E-state index is 10.7. The second-order valence-electron chi connectivity index (χ2n) is 8.81. The van der Waals surface area contributed by atoms with Gasteiger partial charge in [-0.05, 0) is 55.5 Å². The van der Waals surface area contributed by atoms with Gasteiger partial charge in [0.2, 0.25) is 0 Å². The second-order valence-corrected chi connectivity index (χ2v) is 10.3. The number of nitrogens with one attached hydrogen (secondary N) is 1. The summed E-state index contributed by atoms with van der Waals surface area (Å²) in [6.45, 7) is 2.94. The SMILES string of the molecule is CCCCc1nc2cccc(OCC(O)CNC3(c4ccc(Cl)cc4)CCCCC3)c2s1. The number of ether oxygens (including phenoxy) is 1. The summed E-state index contributed by atoms with van der Waals surface area (Å²) < 4.78 is 7.13. The Hall–Kier alpha value is -1.66. The summed E-state index contributed by atoms with van der Waals surface area (Å²) in [5.41, 5.74) is 2.13. The van der Waals surface area contributed by atoms with E-state index in [2.05, 4.69) is 24.4 Å². The maximum absolute atomic E-state index is 10.7. The highest BCUT2D eigenvalue weighted by atomic mass is 35.5. The highest BCUT2D eigenvalue weighted by molar-refractivity contribution is 7.19. The van der Waals surface area contributed by atoms with Crippen LogP contribution in [0.4, 0.5) is 0 Å². The van der Waals surface area contributed by atoms with E-state index in [1.165, 1.54) is 24.8 Å². The van der Waals surface area contributed by atoms with Gasteiger partial charge >= 0.3 is 0 Å². The zero-order valence-electron chi connectivity index (χ0n) is 18.8. The maximum Gasteiger partial charge on any atom is 0.138 e. The average Bonchev–Trinajstić information content (AvgIpc) is 3.25. The minimum atomic E-state index is -0.594. The van der Waals surface area contributed by atoms with Gasteiger partial charge in [0.05, 0.1) is 15.2 Å². The van der Waals surface area contributed by atoms with Gasteiger partial charge in [0.15, 0.2) is 0 Å². The largest absolute Gasteiger partial charge is 0.489 e. The summed E-state index contributed by atoms with van der Waals surface area (Å²) in [7, 11) is 0. The van der Waals surface area contributed by atoms with Crippen LogP contribution in [0.15, 0.2) is 42.5 Å². The lowest BCUT2D eigenvalue weighted by molar-refractivity contribution is 0.0907. The summed E-state index contributed by atoms with van der Waals surface area (Å²) >= 11 is 7.82. The molecule has 1 unspecified atom stereocenters. The fourth-order valence-corrected chi connectivity index (χ4v) is 5.77. The van der Waals surface area contributed by atoms with Crippen LogP contribution in [0.2, 0.25) is 5.02 Å². The van der Waals surface area contributed by atoms with Crippen molar-refractivity contribution in [1.82, 2.24) is 10.3 Å². The minimum absolute atomic E-state index is 0.102. The van der Waals surface area contributed by atoms with Crippen LogP contribution in [0, 0.1) is 0 Å². The van der Waals surface area contributed by atoms with Crippen molar-refractivity contribution < 1.29 is 9.84 Å². The Balaban J connectivity index is 1.38. The molecule has 1 aliphatic carbocycles. The van der Waals surface area contributed by atoms with E-state index in [1.807, 2.05) is 30.3 Å². The Labute approximate surface area is 200 Å². The molecule has 1 atom stereocenters. The predicted octanol–water partition coefficient (Wildman–Crippen LogP) is 6.48. The first kappa shape index (κ1) is 23.5. The second kappa shape index (κ2) is 11.0. The lowest BCUT2D eigenvalue weighted by atomic mass is 9.76. The molecule has 6 heteroatoms. The zero-order chi connectivity index (χ0) is 22.4. The molecule has 0 spiro atoms. The third kappa shape index (κ3) is 5.63.